The van der Waals surface area contributed by atoms with E-state index >= 15 is 0 Å². The number of hydrogen-bond donors (Lipinski definition) is 4. The molecule has 0 atom stereocenters. The number of carbonyl (C=O) groups excluding carboxylic acids is 2. The molecule has 1 heterocycles. The van der Waals surface area contributed by atoms with Crippen molar-refractivity contribution in [2.45, 2.75) is 19.9 Å². The molecule has 1 aromatic carbocycles. The lowest BCUT2D eigenvalue weighted by Gasteiger charge is -2.26. The van der Waals surface area contributed by atoms with Crippen molar-refractivity contribution in [2.24, 2.45) is 10.7 Å². The maximum absolute atomic E-state index is 11.9. The van der Waals surface area contributed by atoms with E-state index in [1.807, 2.05) is 19.1 Å². The summed E-state index contributed by atoms with van der Waals surface area (Å²) in [5.41, 5.74) is 6.50. The normalized spacial score (nSPS) is 15.0. The second-order valence-electron chi connectivity index (χ2n) is 6.78. The predicted octanol–water partition coefficient (Wildman–Crippen LogP) is -0.321. The van der Waals surface area contributed by atoms with Crippen molar-refractivity contribution < 1.29 is 14.3 Å². The van der Waals surface area contributed by atoms with Crippen molar-refractivity contribution in [3.05, 3.63) is 35.4 Å². The number of nitrogens with one attached hydrogen (secondary N) is 3. The Bertz CT molecular complexity index is 671. The lowest BCUT2D eigenvalue weighted by Crippen LogP contribution is -2.40. The van der Waals surface area contributed by atoms with Gasteiger partial charge in [0.15, 0.2) is 5.96 Å². The third-order valence-electron chi connectivity index (χ3n) is 4.45. The molecule has 1 aromatic rings. The summed E-state index contributed by atoms with van der Waals surface area (Å²) in [4.78, 5) is 29.6. The van der Waals surface area contributed by atoms with Gasteiger partial charge in [-0.3, -0.25) is 14.5 Å². The standard InChI is InChI=1S/C20H32N6O3/c1-2-22-20(23-8-3-9-26-10-12-29-13-11-26)25-14-16-4-6-17(7-5-16)19(28)24-15-18(21)27/h4-7H,2-3,8-15H2,1H3,(H2,21,27)(H,24,28)(H2,22,23,25). The highest BCUT2D eigenvalue weighted by atomic mass is 16.5. The van der Waals surface area contributed by atoms with Gasteiger partial charge in [0.2, 0.25) is 5.91 Å². The first-order chi connectivity index (χ1) is 14.1. The molecule has 0 radical (unpaired) electrons. The van der Waals surface area contributed by atoms with E-state index in [1.54, 1.807) is 12.1 Å². The van der Waals surface area contributed by atoms with E-state index in [1.165, 1.54) is 0 Å². The van der Waals surface area contributed by atoms with Crippen LogP contribution < -0.4 is 21.7 Å². The summed E-state index contributed by atoms with van der Waals surface area (Å²) < 4.78 is 5.36. The van der Waals surface area contributed by atoms with Crippen LogP contribution in [-0.2, 0) is 16.1 Å². The molecule has 0 bridgehead atoms. The third kappa shape index (κ3) is 8.93. The number of nitrogens with two attached hydrogens (primary N) is 1. The van der Waals surface area contributed by atoms with Gasteiger partial charge in [0.05, 0.1) is 26.3 Å². The van der Waals surface area contributed by atoms with Crippen molar-refractivity contribution in [1.29, 1.82) is 0 Å². The predicted molar refractivity (Wildman–Crippen MR) is 113 cm³/mol. The lowest BCUT2D eigenvalue weighted by atomic mass is 10.1. The zero-order valence-electron chi connectivity index (χ0n) is 17.1. The zero-order valence-corrected chi connectivity index (χ0v) is 17.1. The molecule has 5 N–H and O–H groups in total. The van der Waals surface area contributed by atoms with Crippen LogP contribution in [0.3, 0.4) is 0 Å². The fraction of sp³-hybridized carbons (Fsp3) is 0.550. The average molecular weight is 405 g/mol. The highest BCUT2D eigenvalue weighted by molar-refractivity contribution is 5.96. The van der Waals surface area contributed by atoms with Crippen molar-refractivity contribution in [2.75, 3.05) is 52.5 Å². The number of carbonyl (C=O) groups is 2. The van der Waals surface area contributed by atoms with Gasteiger partial charge in [0, 0.05) is 31.7 Å². The van der Waals surface area contributed by atoms with Crippen LogP contribution in [0.15, 0.2) is 29.3 Å². The van der Waals surface area contributed by atoms with Crippen molar-refractivity contribution in [3.63, 3.8) is 0 Å². The first kappa shape index (κ1) is 22.6. The Morgan fingerprint density at radius 1 is 1.14 bits per heavy atom. The topological polar surface area (TPSA) is 121 Å². The molecule has 9 heteroatoms. The van der Waals surface area contributed by atoms with Crippen LogP contribution >= 0.6 is 0 Å². The Morgan fingerprint density at radius 2 is 1.86 bits per heavy atom. The summed E-state index contributed by atoms with van der Waals surface area (Å²) in [5.74, 6) is -0.121. The number of primary amides is 1. The van der Waals surface area contributed by atoms with Crippen LogP contribution in [0, 0.1) is 0 Å². The molecule has 0 unspecified atom stereocenters. The Hall–Kier alpha value is -2.65. The number of ether oxygens (including phenoxy) is 1. The van der Waals surface area contributed by atoms with E-state index < -0.39 is 5.91 Å². The smallest absolute Gasteiger partial charge is 0.251 e. The lowest BCUT2D eigenvalue weighted by molar-refractivity contribution is -0.117. The van der Waals surface area contributed by atoms with Crippen LogP contribution in [0.4, 0.5) is 0 Å². The fourth-order valence-electron chi connectivity index (χ4n) is 2.88. The third-order valence-corrected chi connectivity index (χ3v) is 4.45. The number of rotatable bonds is 10. The number of amides is 2. The Labute approximate surface area is 172 Å². The molecular formula is C20H32N6O3. The first-order valence-electron chi connectivity index (χ1n) is 10.1. The van der Waals surface area contributed by atoms with Gasteiger partial charge < -0.3 is 26.4 Å². The summed E-state index contributed by atoms with van der Waals surface area (Å²) in [6, 6.07) is 7.13. The molecule has 0 saturated carbocycles. The number of aliphatic imine (C=N–C) groups is 1. The average Bonchev–Trinajstić information content (AvgIpc) is 2.74. The molecule has 1 aliphatic rings. The van der Waals surface area contributed by atoms with Gasteiger partial charge in [-0.2, -0.15) is 0 Å². The highest BCUT2D eigenvalue weighted by Gasteiger charge is 2.09. The van der Waals surface area contributed by atoms with E-state index in [4.69, 9.17) is 10.5 Å². The quantitative estimate of drug-likeness (QED) is 0.241. The van der Waals surface area contributed by atoms with Gasteiger partial charge in [-0.05, 0) is 37.6 Å². The van der Waals surface area contributed by atoms with E-state index in [2.05, 4.69) is 25.8 Å². The highest BCUT2D eigenvalue weighted by Crippen LogP contribution is 2.06. The molecular weight excluding hydrogens is 372 g/mol. The Morgan fingerprint density at radius 3 is 2.52 bits per heavy atom. The van der Waals surface area contributed by atoms with Crippen molar-refractivity contribution >= 4 is 17.8 Å². The number of morpholine rings is 1. The maximum Gasteiger partial charge on any atom is 0.251 e. The van der Waals surface area contributed by atoms with Gasteiger partial charge in [0.1, 0.15) is 0 Å². The molecule has 29 heavy (non-hydrogen) atoms. The molecule has 2 amide bonds. The number of benzene rings is 1. The van der Waals surface area contributed by atoms with Gasteiger partial charge in [-0.25, -0.2) is 4.99 Å². The maximum atomic E-state index is 11.9. The van der Waals surface area contributed by atoms with E-state index in [9.17, 15) is 9.59 Å². The van der Waals surface area contributed by atoms with E-state index in [0.29, 0.717) is 12.1 Å². The molecule has 1 aliphatic heterocycles. The van der Waals surface area contributed by atoms with Gasteiger partial charge in [-0.15, -0.1) is 0 Å². The molecule has 0 aromatic heterocycles. The van der Waals surface area contributed by atoms with Crippen LogP contribution in [0.1, 0.15) is 29.3 Å². The molecule has 1 saturated heterocycles. The molecule has 2 rings (SSSR count). The minimum Gasteiger partial charge on any atom is -0.379 e. The summed E-state index contributed by atoms with van der Waals surface area (Å²) in [6.45, 7) is 8.70. The van der Waals surface area contributed by atoms with Crippen LogP contribution in [0.5, 0.6) is 0 Å². The van der Waals surface area contributed by atoms with Crippen LogP contribution in [0.25, 0.3) is 0 Å². The SMILES string of the molecule is CCNC(=NCc1ccc(C(=O)NCC(N)=O)cc1)NCCCN1CCOCC1. The molecule has 9 nitrogen and oxygen atoms in total. The van der Waals surface area contributed by atoms with Crippen LogP contribution in [-0.4, -0.2) is 75.2 Å². The van der Waals surface area contributed by atoms with Crippen molar-refractivity contribution in [3.8, 4) is 0 Å². The van der Waals surface area contributed by atoms with Gasteiger partial charge in [-0.1, -0.05) is 12.1 Å². The van der Waals surface area contributed by atoms with E-state index in [-0.39, 0.29) is 12.5 Å². The van der Waals surface area contributed by atoms with Gasteiger partial charge in [0.25, 0.3) is 5.91 Å². The second kappa shape index (κ2) is 12.7. The summed E-state index contributed by atoms with van der Waals surface area (Å²) >= 11 is 0. The minimum absolute atomic E-state index is 0.172. The second-order valence-corrected chi connectivity index (χ2v) is 6.78. The summed E-state index contributed by atoms with van der Waals surface area (Å²) in [6.07, 6.45) is 1.04. The van der Waals surface area contributed by atoms with Gasteiger partial charge >= 0.3 is 0 Å². The van der Waals surface area contributed by atoms with E-state index in [0.717, 1.165) is 63.9 Å². The molecule has 160 valence electrons. The van der Waals surface area contributed by atoms with Crippen LogP contribution in [0.2, 0.25) is 0 Å². The minimum atomic E-state index is -0.572. The number of guanidine groups is 1. The number of hydrogen-bond acceptors (Lipinski definition) is 5. The largest absolute Gasteiger partial charge is 0.379 e. The summed E-state index contributed by atoms with van der Waals surface area (Å²) in [7, 11) is 0. The van der Waals surface area contributed by atoms with Crippen molar-refractivity contribution in [1.82, 2.24) is 20.9 Å². The summed E-state index contributed by atoms with van der Waals surface area (Å²) in [5, 5.41) is 9.07. The monoisotopic (exact) mass is 404 g/mol. The Kier molecular flexibility index (Phi) is 9.94. The number of nitrogens with zero attached hydrogens (tertiary/aromatic N) is 2. The molecule has 0 aliphatic carbocycles. The first-order valence-corrected chi connectivity index (χ1v) is 10.1. The zero-order chi connectivity index (χ0) is 20.9. The Balaban J connectivity index is 1.77. The molecule has 1 fully saturated rings. The fourth-order valence-corrected chi connectivity index (χ4v) is 2.88. The molecule has 0 spiro atoms.